The van der Waals surface area contributed by atoms with E-state index in [9.17, 15) is 4.79 Å². The van der Waals surface area contributed by atoms with Crippen LogP contribution in [0.5, 0.6) is 0 Å². The average Bonchev–Trinajstić information content (AvgIpc) is 2.80. The molecule has 16 heavy (non-hydrogen) atoms. The maximum atomic E-state index is 11.1. The molecule has 1 aliphatic rings. The van der Waals surface area contributed by atoms with Crippen LogP contribution in [0.1, 0.15) is 26.2 Å². The number of ether oxygens (including phenoxy) is 3. The Balaban J connectivity index is 2.04. The highest BCUT2D eigenvalue weighted by Gasteiger charge is 2.12. The molecule has 1 heterocycles. The van der Waals surface area contributed by atoms with E-state index in [-0.39, 0.29) is 18.2 Å². The second kappa shape index (κ2) is 7.41. The summed E-state index contributed by atoms with van der Waals surface area (Å²) in [4.78, 5) is 11.1. The van der Waals surface area contributed by atoms with Gasteiger partial charge in [0.25, 0.3) is 0 Å². The van der Waals surface area contributed by atoms with Gasteiger partial charge in [0.1, 0.15) is 0 Å². The fraction of sp³-hybridized carbons (Fsp3) is 0.750. The Kier molecular flexibility index (Phi) is 6.11. The van der Waals surface area contributed by atoms with Crippen LogP contribution < -0.4 is 0 Å². The van der Waals surface area contributed by atoms with Gasteiger partial charge >= 0.3 is 5.97 Å². The van der Waals surface area contributed by atoms with Gasteiger partial charge in [-0.2, -0.15) is 0 Å². The second-order valence-electron chi connectivity index (χ2n) is 3.89. The molecule has 0 aromatic carbocycles. The molecule has 0 amide bonds. The summed E-state index contributed by atoms with van der Waals surface area (Å²) >= 11 is 0. The molecule has 1 aliphatic heterocycles. The van der Waals surface area contributed by atoms with Crippen molar-refractivity contribution in [1.82, 2.24) is 0 Å². The minimum Gasteiger partial charge on any atom is -0.469 e. The fourth-order valence-corrected chi connectivity index (χ4v) is 1.56. The predicted molar refractivity (Wildman–Crippen MR) is 59.9 cm³/mol. The molecule has 4 heteroatoms. The van der Waals surface area contributed by atoms with Crippen LogP contribution in [0.15, 0.2) is 12.2 Å². The molecule has 4 nitrogen and oxygen atoms in total. The maximum Gasteiger partial charge on any atom is 0.308 e. The first-order chi connectivity index (χ1) is 7.74. The molecule has 1 saturated heterocycles. The predicted octanol–water partition coefficient (Wildman–Crippen LogP) is 1.89. The lowest BCUT2D eigenvalue weighted by atomic mass is 10.0. The van der Waals surface area contributed by atoms with Gasteiger partial charge in [-0.15, -0.1) is 0 Å². The Morgan fingerprint density at radius 3 is 2.81 bits per heavy atom. The van der Waals surface area contributed by atoms with Crippen molar-refractivity contribution in [2.75, 3.05) is 20.3 Å². The van der Waals surface area contributed by atoms with Crippen LogP contribution in [0, 0.1) is 5.92 Å². The number of hydrogen-bond donors (Lipinski definition) is 0. The van der Waals surface area contributed by atoms with Crippen molar-refractivity contribution >= 4 is 5.97 Å². The van der Waals surface area contributed by atoms with Crippen molar-refractivity contribution < 1.29 is 19.0 Å². The van der Waals surface area contributed by atoms with Crippen LogP contribution in [0.25, 0.3) is 0 Å². The first-order valence-corrected chi connectivity index (χ1v) is 5.71. The van der Waals surface area contributed by atoms with E-state index in [1.807, 2.05) is 19.1 Å². The number of unbranched alkanes of at least 4 members (excludes halogenated alkanes) is 1. The number of methoxy groups -OCH3 is 1. The number of allylic oxidation sites excluding steroid dienone is 1. The number of carbonyl (C=O) groups is 1. The summed E-state index contributed by atoms with van der Waals surface area (Å²) in [6.07, 6.45) is 6.56. The Bertz CT molecular complexity index is 231. The Labute approximate surface area is 96.6 Å². The summed E-state index contributed by atoms with van der Waals surface area (Å²) in [5, 5.41) is 0. The highest BCUT2D eigenvalue weighted by atomic mass is 16.7. The van der Waals surface area contributed by atoms with E-state index in [1.54, 1.807) is 0 Å². The van der Waals surface area contributed by atoms with Crippen molar-refractivity contribution in [3.63, 3.8) is 0 Å². The SMILES string of the molecule is COC(=O)C(C)CCC/C=C\C1OCCO1. The molecule has 1 rings (SSSR count). The Morgan fingerprint density at radius 1 is 1.50 bits per heavy atom. The highest BCUT2D eigenvalue weighted by molar-refractivity contribution is 5.71. The molecule has 1 unspecified atom stereocenters. The van der Waals surface area contributed by atoms with E-state index >= 15 is 0 Å². The lowest BCUT2D eigenvalue weighted by Crippen LogP contribution is -2.12. The molecule has 0 spiro atoms. The van der Waals surface area contributed by atoms with Crippen molar-refractivity contribution in [3.05, 3.63) is 12.2 Å². The zero-order chi connectivity index (χ0) is 11.8. The maximum absolute atomic E-state index is 11.1. The van der Waals surface area contributed by atoms with E-state index in [0.29, 0.717) is 13.2 Å². The molecule has 92 valence electrons. The smallest absolute Gasteiger partial charge is 0.308 e. The van der Waals surface area contributed by atoms with Crippen LogP contribution >= 0.6 is 0 Å². The average molecular weight is 228 g/mol. The van der Waals surface area contributed by atoms with Crippen LogP contribution in [0.3, 0.4) is 0 Å². The first-order valence-electron chi connectivity index (χ1n) is 5.71. The number of rotatable bonds is 6. The molecular weight excluding hydrogens is 208 g/mol. The molecule has 0 aromatic heterocycles. The summed E-state index contributed by atoms with van der Waals surface area (Å²) in [6.45, 7) is 3.24. The molecule has 0 aromatic rings. The number of carbonyl (C=O) groups excluding carboxylic acids is 1. The minimum atomic E-state index is -0.168. The van der Waals surface area contributed by atoms with E-state index in [1.165, 1.54) is 7.11 Å². The molecule has 0 saturated carbocycles. The second-order valence-corrected chi connectivity index (χ2v) is 3.89. The summed E-state index contributed by atoms with van der Waals surface area (Å²) in [6, 6.07) is 0. The summed E-state index contributed by atoms with van der Waals surface area (Å²) in [5.74, 6) is -0.149. The third-order valence-electron chi connectivity index (χ3n) is 2.55. The third kappa shape index (κ3) is 4.77. The minimum absolute atomic E-state index is 0.0163. The number of esters is 1. The summed E-state index contributed by atoms with van der Waals surface area (Å²) in [5.41, 5.74) is 0. The normalized spacial score (nSPS) is 19.1. The van der Waals surface area contributed by atoms with Crippen molar-refractivity contribution in [1.29, 1.82) is 0 Å². The molecule has 0 aliphatic carbocycles. The third-order valence-corrected chi connectivity index (χ3v) is 2.55. The van der Waals surface area contributed by atoms with E-state index < -0.39 is 0 Å². The Hall–Kier alpha value is -0.870. The Morgan fingerprint density at radius 2 is 2.19 bits per heavy atom. The van der Waals surface area contributed by atoms with Crippen LogP contribution in [0.2, 0.25) is 0 Å². The van der Waals surface area contributed by atoms with Gasteiger partial charge in [0.2, 0.25) is 0 Å². The number of hydrogen-bond acceptors (Lipinski definition) is 4. The monoisotopic (exact) mass is 228 g/mol. The molecular formula is C12H20O4. The summed E-state index contributed by atoms with van der Waals surface area (Å²) in [7, 11) is 1.42. The van der Waals surface area contributed by atoms with E-state index in [4.69, 9.17) is 9.47 Å². The quantitative estimate of drug-likeness (QED) is 0.395. The standard InChI is InChI=1S/C12H20O4/c1-10(12(13)14-2)6-4-3-5-7-11-15-8-9-16-11/h5,7,10-11H,3-4,6,8-9H2,1-2H3/b7-5-. The van der Waals surface area contributed by atoms with Gasteiger partial charge in [-0.25, -0.2) is 0 Å². The molecule has 1 fully saturated rings. The lowest BCUT2D eigenvalue weighted by molar-refractivity contribution is -0.145. The molecule has 1 atom stereocenters. The van der Waals surface area contributed by atoms with Crippen molar-refractivity contribution in [3.8, 4) is 0 Å². The van der Waals surface area contributed by atoms with Gasteiger partial charge < -0.3 is 14.2 Å². The van der Waals surface area contributed by atoms with Crippen LogP contribution in [-0.2, 0) is 19.0 Å². The topological polar surface area (TPSA) is 44.8 Å². The summed E-state index contributed by atoms with van der Waals surface area (Å²) < 4.78 is 15.2. The van der Waals surface area contributed by atoms with Gasteiger partial charge in [0.15, 0.2) is 6.29 Å². The largest absolute Gasteiger partial charge is 0.469 e. The zero-order valence-corrected chi connectivity index (χ0v) is 9.98. The zero-order valence-electron chi connectivity index (χ0n) is 9.98. The van der Waals surface area contributed by atoms with E-state index in [0.717, 1.165) is 19.3 Å². The van der Waals surface area contributed by atoms with Gasteiger partial charge in [-0.3, -0.25) is 4.79 Å². The fourth-order valence-electron chi connectivity index (χ4n) is 1.56. The molecule has 0 N–H and O–H groups in total. The van der Waals surface area contributed by atoms with Crippen LogP contribution in [-0.4, -0.2) is 32.6 Å². The lowest BCUT2D eigenvalue weighted by Gasteiger charge is -2.07. The first kappa shape index (κ1) is 13.2. The van der Waals surface area contributed by atoms with E-state index in [2.05, 4.69) is 4.74 Å². The molecule has 0 bridgehead atoms. The van der Waals surface area contributed by atoms with Gasteiger partial charge in [0, 0.05) is 0 Å². The van der Waals surface area contributed by atoms with Gasteiger partial charge in [-0.05, 0) is 25.3 Å². The van der Waals surface area contributed by atoms with Crippen molar-refractivity contribution in [2.24, 2.45) is 5.92 Å². The highest BCUT2D eigenvalue weighted by Crippen LogP contribution is 2.11. The molecule has 0 radical (unpaired) electrons. The van der Waals surface area contributed by atoms with Crippen LogP contribution in [0.4, 0.5) is 0 Å². The van der Waals surface area contributed by atoms with Crippen molar-refractivity contribution in [2.45, 2.75) is 32.5 Å². The van der Waals surface area contributed by atoms with Gasteiger partial charge in [-0.1, -0.05) is 13.0 Å². The van der Waals surface area contributed by atoms with Gasteiger partial charge in [0.05, 0.1) is 26.2 Å².